The number of esters is 1. The molecule has 0 aromatic heterocycles. The van der Waals surface area contributed by atoms with Gasteiger partial charge >= 0.3 is 5.97 Å². The summed E-state index contributed by atoms with van der Waals surface area (Å²) in [6.45, 7) is 1.46. The molecule has 0 bridgehead atoms. The minimum absolute atomic E-state index is 0.0838. The van der Waals surface area contributed by atoms with Gasteiger partial charge in [-0.3, -0.25) is 4.79 Å². The van der Waals surface area contributed by atoms with Crippen molar-refractivity contribution in [2.45, 2.75) is 82.0 Å². The van der Waals surface area contributed by atoms with E-state index in [9.17, 15) is 15.0 Å². The molecule has 3 fully saturated rings. The summed E-state index contributed by atoms with van der Waals surface area (Å²) in [6.07, 6.45) is 7.73. The molecule has 3 aliphatic carbocycles. The zero-order chi connectivity index (χ0) is 14.4. The predicted molar refractivity (Wildman–Crippen MR) is 74.0 cm³/mol. The van der Waals surface area contributed by atoms with Crippen LogP contribution in [0.4, 0.5) is 0 Å². The number of ether oxygens (including phenoxy) is 1. The molecule has 0 radical (unpaired) electrons. The fourth-order valence-corrected chi connectivity index (χ4v) is 5.24. The lowest BCUT2D eigenvalue weighted by Gasteiger charge is -2.65. The summed E-state index contributed by atoms with van der Waals surface area (Å²) in [4.78, 5) is 11.6. The molecule has 3 saturated carbocycles. The van der Waals surface area contributed by atoms with Gasteiger partial charge in [0, 0.05) is 18.8 Å². The molecule has 20 heavy (non-hydrogen) atoms. The third-order valence-electron chi connectivity index (χ3n) is 5.94. The second-order valence-corrected chi connectivity index (χ2v) is 6.94. The Morgan fingerprint density at radius 2 is 1.65 bits per heavy atom. The molecular formula is C16H26O4. The molecule has 0 aliphatic heterocycles. The van der Waals surface area contributed by atoms with E-state index in [0.717, 1.165) is 51.4 Å². The fraction of sp³-hybridized carbons (Fsp3) is 0.938. The number of aliphatic hydroxyl groups is 2. The van der Waals surface area contributed by atoms with Crippen LogP contribution in [0.15, 0.2) is 0 Å². The zero-order valence-corrected chi connectivity index (χ0v) is 12.3. The molecule has 0 aromatic rings. The van der Waals surface area contributed by atoms with Crippen LogP contribution in [0.2, 0.25) is 0 Å². The Bertz CT molecular complexity index is 382. The molecule has 0 spiro atoms. The fourth-order valence-electron chi connectivity index (χ4n) is 5.24. The Morgan fingerprint density at radius 3 is 2.30 bits per heavy atom. The summed E-state index contributed by atoms with van der Waals surface area (Å²) in [5, 5.41) is 21.6. The lowest BCUT2D eigenvalue weighted by atomic mass is 9.46. The first-order chi connectivity index (χ1) is 9.52. The Labute approximate surface area is 120 Å². The molecule has 0 heterocycles. The highest BCUT2D eigenvalue weighted by Crippen LogP contribution is 2.64. The number of carbonyl (C=O) groups excluding carboxylic acids is 1. The maximum Gasteiger partial charge on any atom is 0.303 e. The van der Waals surface area contributed by atoms with Crippen LogP contribution in [0.25, 0.3) is 0 Å². The van der Waals surface area contributed by atoms with Crippen LogP contribution in [-0.4, -0.2) is 33.5 Å². The van der Waals surface area contributed by atoms with Gasteiger partial charge in [0.05, 0.1) is 6.10 Å². The first-order valence-corrected chi connectivity index (χ1v) is 8.12. The predicted octanol–water partition coefficient (Wildman–Crippen LogP) is 2.16. The minimum Gasteiger partial charge on any atom is -0.458 e. The topological polar surface area (TPSA) is 66.8 Å². The van der Waals surface area contributed by atoms with Gasteiger partial charge < -0.3 is 14.9 Å². The van der Waals surface area contributed by atoms with E-state index in [1.165, 1.54) is 6.92 Å². The molecule has 0 aromatic carbocycles. The van der Waals surface area contributed by atoms with Crippen molar-refractivity contribution in [3.8, 4) is 0 Å². The van der Waals surface area contributed by atoms with Gasteiger partial charge in [0.25, 0.3) is 0 Å². The van der Waals surface area contributed by atoms with E-state index in [1.807, 2.05) is 0 Å². The third-order valence-corrected chi connectivity index (χ3v) is 5.94. The quantitative estimate of drug-likeness (QED) is 0.723. The van der Waals surface area contributed by atoms with Crippen LogP contribution in [0.5, 0.6) is 0 Å². The molecule has 0 amide bonds. The summed E-state index contributed by atoms with van der Waals surface area (Å²) in [5.41, 5.74) is -1.54. The Morgan fingerprint density at radius 1 is 1.05 bits per heavy atom. The molecule has 2 N–H and O–H groups in total. The number of fused-ring (bicyclic) bond motifs is 4. The van der Waals surface area contributed by atoms with E-state index >= 15 is 0 Å². The van der Waals surface area contributed by atoms with Gasteiger partial charge in [0.2, 0.25) is 0 Å². The van der Waals surface area contributed by atoms with Gasteiger partial charge in [-0.05, 0) is 32.1 Å². The molecule has 0 saturated heterocycles. The van der Waals surface area contributed by atoms with Gasteiger partial charge in [0.15, 0.2) is 0 Å². The highest BCUT2D eigenvalue weighted by Gasteiger charge is 2.74. The molecule has 114 valence electrons. The molecular weight excluding hydrogens is 256 g/mol. The molecule has 3 aliphatic rings. The number of rotatable bonds is 1. The van der Waals surface area contributed by atoms with Crippen molar-refractivity contribution in [3.05, 3.63) is 0 Å². The second-order valence-electron chi connectivity index (χ2n) is 6.94. The SMILES string of the molecule is CC(=O)O[C@]12CCCCC[C@H]1[C@]1(O)[C@@H]2CCCC[C@@H]1O. The van der Waals surface area contributed by atoms with E-state index in [0.29, 0.717) is 6.42 Å². The van der Waals surface area contributed by atoms with Gasteiger partial charge in [0.1, 0.15) is 11.2 Å². The van der Waals surface area contributed by atoms with Gasteiger partial charge in [-0.25, -0.2) is 0 Å². The van der Waals surface area contributed by atoms with Crippen molar-refractivity contribution in [3.63, 3.8) is 0 Å². The summed E-state index contributed by atoms with van der Waals surface area (Å²) in [7, 11) is 0. The Balaban J connectivity index is 1.97. The van der Waals surface area contributed by atoms with Crippen LogP contribution in [-0.2, 0) is 9.53 Å². The van der Waals surface area contributed by atoms with Crippen LogP contribution in [0, 0.1) is 11.8 Å². The summed E-state index contributed by atoms with van der Waals surface area (Å²) in [5.74, 6) is -0.420. The second kappa shape index (κ2) is 4.99. The van der Waals surface area contributed by atoms with Crippen molar-refractivity contribution in [1.82, 2.24) is 0 Å². The minimum atomic E-state index is -1.03. The van der Waals surface area contributed by atoms with Crippen LogP contribution in [0.3, 0.4) is 0 Å². The van der Waals surface area contributed by atoms with E-state index in [4.69, 9.17) is 4.74 Å². The number of hydrogen-bond acceptors (Lipinski definition) is 4. The van der Waals surface area contributed by atoms with Gasteiger partial charge in [-0.2, -0.15) is 0 Å². The smallest absolute Gasteiger partial charge is 0.303 e. The van der Waals surface area contributed by atoms with E-state index in [2.05, 4.69) is 0 Å². The van der Waals surface area contributed by atoms with E-state index < -0.39 is 17.3 Å². The summed E-state index contributed by atoms with van der Waals surface area (Å²) < 4.78 is 5.79. The van der Waals surface area contributed by atoms with Crippen molar-refractivity contribution >= 4 is 5.97 Å². The molecule has 0 unspecified atom stereocenters. The molecule has 5 atom stereocenters. The summed E-state index contributed by atoms with van der Waals surface area (Å²) in [6, 6.07) is 0. The average Bonchev–Trinajstić information content (AvgIpc) is 2.64. The number of hydrogen-bond donors (Lipinski definition) is 2. The molecule has 4 nitrogen and oxygen atoms in total. The lowest BCUT2D eigenvalue weighted by Crippen LogP contribution is -2.78. The van der Waals surface area contributed by atoms with E-state index in [1.54, 1.807) is 0 Å². The first kappa shape index (κ1) is 14.3. The Hall–Kier alpha value is -0.610. The zero-order valence-electron chi connectivity index (χ0n) is 12.3. The molecule has 3 rings (SSSR count). The monoisotopic (exact) mass is 282 g/mol. The maximum absolute atomic E-state index is 11.6. The average molecular weight is 282 g/mol. The number of carbonyl (C=O) groups is 1. The standard InChI is InChI=1S/C16H26O4/c1-11(17)20-15-10-6-2-3-7-12(15)16(19)13(15)8-4-5-9-14(16)18/h12-14,18-19H,2-10H2,1H3/t12-,13-,14+,15-,16+/m1/s1. The third kappa shape index (κ3) is 1.84. The van der Waals surface area contributed by atoms with Crippen molar-refractivity contribution in [1.29, 1.82) is 0 Å². The van der Waals surface area contributed by atoms with Crippen LogP contribution < -0.4 is 0 Å². The Kier molecular flexibility index (Phi) is 3.57. The normalized spacial score (nSPS) is 48.0. The van der Waals surface area contributed by atoms with Gasteiger partial charge in [-0.1, -0.05) is 25.7 Å². The van der Waals surface area contributed by atoms with Crippen molar-refractivity contribution < 1.29 is 19.7 Å². The summed E-state index contributed by atoms with van der Waals surface area (Å²) >= 11 is 0. The lowest BCUT2D eigenvalue weighted by molar-refractivity contribution is -0.324. The highest BCUT2D eigenvalue weighted by atomic mass is 16.6. The maximum atomic E-state index is 11.6. The first-order valence-electron chi connectivity index (χ1n) is 8.12. The van der Waals surface area contributed by atoms with Crippen molar-refractivity contribution in [2.75, 3.05) is 0 Å². The van der Waals surface area contributed by atoms with Gasteiger partial charge in [-0.15, -0.1) is 0 Å². The van der Waals surface area contributed by atoms with Crippen molar-refractivity contribution in [2.24, 2.45) is 11.8 Å². The van der Waals surface area contributed by atoms with Crippen LogP contribution in [0.1, 0.15) is 64.7 Å². The van der Waals surface area contributed by atoms with Crippen LogP contribution >= 0.6 is 0 Å². The number of aliphatic hydroxyl groups excluding tert-OH is 1. The highest BCUT2D eigenvalue weighted by molar-refractivity contribution is 5.67. The largest absolute Gasteiger partial charge is 0.458 e. The van der Waals surface area contributed by atoms with E-state index in [-0.39, 0.29) is 17.8 Å². The molecule has 4 heteroatoms.